The van der Waals surface area contributed by atoms with E-state index in [0.29, 0.717) is 27.2 Å². The molecule has 2 aromatic carbocycles. The minimum atomic E-state index is -0.262. The lowest BCUT2D eigenvalue weighted by Gasteiger charge is -2.11. The maximum absolute atomic E-state index is 12.9. The number of rotatable bonds is 7. The molecule has 0 aliphatic carbocycles. The molecule has 0 spiro atoms. The Hall–Kier alpha value is -2.72. The molecule has 3 rings (SSSR count). The Morgan fingerprint density at radius 2 is 1.90 bits per heavy atom. The first-order chi connectivity index (χ1) is 14.0. The predicted octanol–water partition coefficient (Wildman–Crippen LogP) is 6.41. The molecular weight excluding hydrogens is 382 g/mol. The van der Waals surface area contributed by atoms with Crippen LogP contribution in [0.15, 0.2) is 53.6 Å². The van der Waals surface area contributed by atoms with Crippen LogP contribution in [0.5, 0.6) is 0 Å². The largest absolute Gasteiger partial charge is 0.272 e. The van der Waals surface area contributed by atoms with E-state index in [1.165, 1.54) is 5.56 Å². The zero-order chi connectivity index (χ0) is 20.8. The molecule has 3 aromatic rings. The molecule has 0 atom stereocenters. The first kappa shape index (κ1) is 21.0. The number of unbranched alkanes of at least 4 members (excludes halogenated alkanes) is 1. The molecule has 1 aromatic heterocycles. The highest BCUT2D eigenvalue weighted by molar-refractivity contribution is 6.35. The Morgan fingerprint density at radius 1 is 1.14 bits per heavy atom. The van der Waals surface area contributed by atoms with Crippen molar-refractivity contribution in [3.8, 4) is 11.3 Å². The summed E-state index contributed by atoms with van der Waals surface area (Å²) in [6.07, 6.45) is 3.99. The molecule has 0 fully saturated rings. The minimum Gasteiger partial charge on any atom is -0.267 e. The van der Waals surface area contributed by atoms with E-state index < -0.39 is 0 Å². The molecule has 1 amide bonds. The Kier molecular flexibility index (Phi) is 6.99. The maximum Gasteiger partial charge on any atom is 0.272 e. The third-order valence-electron chi connectivity index (χ3n) is 4.93. The van der Waals surface area contributed by atoms with Crippen molar-refractivity contribution in [1.82, 2.24) is 10.4 Å². The number of carbonyl (C=O) groups is 1. The summed E-state index contributed by atoms with van der Waals surface area (Å²) in [6, 6.07) is 15.5. The normalized spacial score (nSPS) is 11.7. The molecule has 0 radical (unpaired) electrons. The fraction of sp³-hybridized carbons (Fsp3) is 0.292. The maximum atomic E-state index is 12.9. The van der Waals surface area contributed by atoms with Gasteiger partial charge in [0.25, 0.3) is 5.91 Å². The number of hydrogen-bond acceptors (Lipinski definition) is 3. The zero-order valence-electron chi connectivity index (χ0n) is 17.1. The van der Waals surface area contributed by atoms with E-state index in [-0.39, 0.29) is 5.91 Å². The monoisotopic (exact) mass is 407 g/mol. The predicted molar refractivity (Wildman–Crippen MR) is 122 cm³/mol. The van der Waals surface area contributed by atoms with Gasteiger partial charge >= 0.3 is 0 Å². The molecule has 0 saturated heterocycles. The number of carbonyl (C=O) groups excluding carboxylic acids is 1. The van der Waals surface area contributed by atoms with Crippen molar-refractivity contribution >= 4 is 34.1 Å². The number of aromatic nitrogens is 1. The fourth-order valence-electron chi connectivity index (χ4n) is 3.16. The molecule has 0 saturated carbocycles. The van der Waals surface area contributed by atoms with Crippen LogP contribution in [0.4, 0.5) is 0 Å². The van der Waals surface area contributed by atoms with Crippen molar-refractivity contribution in [1.29, 1.82) is 0 Å². The quantitative estimate of drug-likeness (QED) is 0.363. The number of nitrogens with one attached hydrogen (secondary N) is 1. The minimum absolute atomic E-state index is 0.262. The number of hydrazone groups is 1. The Morgan fingerprint density at radius 3 is 2.59 bits per heavy atom. The number of nitrogens with zero attached hydrogens (tertiary/aromatic N) is 2. The molecule has 4 nitrogen and oxygen atoms in total. The van der Waals surface area contributed by atoms with E-state index in [4.69, 9.17) is 16.6 Å². The molecule has 0 aliphatic heterocycles. The van der Waals surface area contributed by atoms with Crippen molar-refractivity contribution < 1.29 is 4.79 Å². The Balaban J connectivity index is 2.02. The summed E-state index contributed by atoms with van der Waals surface area (Å²) >= 11 is 6.40. The number of fused-ring (bicyclic) bond motifs is 1. The van der Waals surface area contributed by atoms with E-state index in [1.54, 1.807) is 6.07 Å². The third-order valence-corrected chi connectivity index (χ3v) is 5.24. The second-order valence-corrected chi connectivity index (χ2v) is 7.54. The highest BCUT2D eigenvalue weighted by atomic mass is 35.5. The van der Waals surface area contributed by atoms with Crippen LogP contribution in [0.25, 0.3) is 22.2 Å². The lowest BCUT2D eigenvalue weighted by Crippen LogP contribution is -2.19. The van der Waals surface area contributed by atoms with Crippen LogP contribution in [-0.2, 0) is 6.42 Å². The molecule has 150 valence electrons. The van der Waals surface area contributed by atoms with Gasteiger partial charge in [0, 0.05) is 16.7 Å². The van der Waals surface area contributed by atoms with Gasteiger partial charge < -0.3 is 0 Å². The van der Waals surface area contributed by atoms with Gasteiger partial charge in [0.1, 0.15) is 0 Å². The number of aryl methyl sites for hydroxylation is 1. The molecule has 1 N–H and O–H groups in total. The first-order valence-electron chi connectivity index (χ1n) is 10.1. The fourth-order valence-corrected chi connectivity index (χ4v) is 3.37. The van der Waals surface area contributed by atoms with Crippen LogP contribution in [0, 0.1) is 0 Å². The van der Waals surface area contributed by atoms with E-state index >= 15 is 0 Å². The van der Waals surface area contributed by atoms with Crippen molar-refractivity contribution in [3.05, 3.63) is 64.7 Å². The van der Waals surface area contributed by atoms with Crippen molar-refractivity contribution in [3.63, 3.8) is 0 Å². The van der Waals surface area contributed by atoms with E-state index in [1.807, 2.05) is 37.3 Å². The standard InChI is InChI=1S/C24H26ClN3O/c1-4-6-8-16(3)27-28-24(29)20-15-22(18-13-11-17(5-2)12-14-18)26-23-19(20)9-7-10-21(23)25/h7,9-15H,4-6,8H2,1-3H3,(H,28,29). The lowest BCUT2D eigenvalue weighted by atomic mass is 10.0. The summed E-state index contributed by atoms with van der Waals surface area (Å²) < 4.78 is 0. The van der Waals surface area contributed by atoms with Gasteiger partial charge in [-0.1, -0.05) is 68.3 Å². The Bertz CT molecular complexity index is 1040. The van der Waals surface area contributed by atoms with Crippen LogP contribution in [-0.4, -0.2) is 16.6 Å². The molecule has 0 unspecified atom stereocenters. The van der Waals surface area contributed by atoms with Gasteiger partial charge in [-0.25, -0.2) is 10.4 Å². The highest BCUT2D eigenvalue weighted by Crippen LogP contribution is 2.29. The van der Waals surface area contributed by atoms with Crippen LogP contribution in [0.2, 0.25) is 5.02 Å². The summed E-state index contributed by atoms with van der Waals surface area (Å²) in [5, 5.41) is 5.49. The number of hydrogen-bond donors (Lipinski definition) is 1. The van der Waals surface area contributed by atoms with Crippen molar-refractivity contribution in [2.75, 3.05) is 0 Å². The Labute approximate surface area is 177 Å². The summed E-state index contributed by atoms with van der Waals surface area (Å²) in [4.78, 5) is 17.7. The number of benzene rings is 2. The molecule has 0 bridgehead atoms. The summed E-state index contributed by atoms with van der Waals surface area (Å²) in [5.41, 5.74) is 7.64. The first-order valence-corrected chi connectivity index (χ1v) is 10.4. The second kappa shape index (κ2) is 9.66. The van der Waals surface area contributed by atoms with Gasteiger partial charge in [0.05, 0.1) is 21.8 Å². The number of pyridine rings is 1. The summed E-state index contributed by atoms with van der Waals surface area (Å²) in [6.45, 7) is 6.18. The smallest absolute Gasteiger partial charge is 0.267 e. The van der Waals surface area contributed by atoms with Gasteiger partial charge in [0.15, 0.2) is 0 Å². The van der Waals surface area contributed by atoms with Crippen LogP contribution < -0.4 is 5.43 Å². The number of amides is 1. The average Bonchev–Trinajstić information content (AvgIpc) is 2.75. The molecule has 0 aliphatic rings. The van der Waals surface area contributed by atoms with Crippen LogP contribution >= 0.6 is 11.6 Å². The number of halogens is 1. The van der Waals surface area contributed by atoms with Gasteiger partial charge in [0.2, 0.25) is 0 Å². The van der Waals surface area contributed by atoms with Crippen molar-refractivity contribution in [2.45, 2.75) is 46.5 Å². The highest BCUT2D eigenvalue weighted by Gasteiger charge is 2.15. The van der Waals surface area contributed by atoms with E-state index in [9.17, 15) is 4.79 Å². The molecule has 5 heteroatoms. The van der Waals surface area contributed by atoms with Gasteiger partial charge in [-0.15, -0.1) is 0 Å². The molecule has 29 heavy (non-hydrogen) atoms. The van der Waals surface area contributed by atoms with Gasteiger partial charge in [-0.05, 0) is 43.9 Å². The second-order valence-electron chi connectivity index (χ2n) is 7.13. The lowest BCUT2D eigenvalue weighted by molar-refractivity contribution is 0.0956. The molecule has 1 heterocycles. The van der Waals surface area contributed by atoms with Crippen molar-refractivity contribution in [2.24, 2.45) is 5.10 Å². The summed E-state index contributed by atoms with van der Waals surface area (Å²) in [5.74, 6) is -0.262. The van der Waals surface area contributed by atoms with Gasteiger partial charge in [-0.3, -0.25) is 4.79 Å². The van der Waals surface area contributed by atoms with Gasteiger partial charge in [-0.2, -0.15) is 5.10 Å². The van der Waals surface area contributed by atoms with E-state index in [0.717, 1.165) is 37.0 Å². The third kappa shape index (κ3) is 5.01. The average molecular weight is 408 g/mol. The van der Waals surface area contributed by atoms with Crippen LogP contribution in [0.3, 0.4) is 0 Å². The zero-order valence-corrected chi connectivity index (χ0v) is 17.9. The topological polar surface area (TPSA) is 54.4 Å². The van der Waals surface area contributed by atoms with Crippen LogP contribution in [0.1, 0.15) is 56.0 Å². The SMILES string of the molecule is CCCCC(C)=NNC(=O)c1cc(-c2ccc(CC)cc2)nc2c(Cl)cccc12. The molecular formula is C24H26ClN3O. The van der Waals surface area contributed by atoms with E-state index in [2.05, 4.69) is 36.5 Å². The number of para-hydroxylation sites is 1. The summed E-state index contributed by atoms with van der Waals surface area (Å²) in [7, 11) is 0.